The molecule has 96 valence electrons. The lowest BCUT2D eigenvalue weighted by Crippen LogP contribution is -1.91. The van der Waals surface area contributed by atoms with Crippen LogP contribution in [0.4, 0.5) is 0 Å². The minimum absolute atomic E-state index is 0.945. The summed E-state index contributed by atoms with van der Waals surface area (Å²) in [6, 6.07) is 12.7. The molecule has 0 saturated carbocycles. The first-order valence-electron chi connectivity index (χ1n) is 6.63. The van der Waals surface area contributed by atoms with Gasteiger partial charge in [-0.25, -0.2) is 0 Å². The molecule has 19 heavy (non-hydrogen) atoms. The summed E-state index contributed by atoms with van der Waals surface area (Å²) in [6.45, 7) is 4.40. The highest BCUT2D eigenvalue weighted by Gasteiger charge is 2.15. The van der Waals surface area contributed by atoms with Crippen molar-refractivity contribution in [3.05, 3.63) is 59.2 Å². The van der Waals surface area contributed by atoms with Crippen LogP contribution in [0.1, 0.15) is 25.8 Å². The van der Waals surface area contributed by atoms with E-state index in [0.29, 0.717) is 0 Å². The SMILES string of the molecule is COc1ccc(C2=C(C)C=C(C)C2)c2ccccc12. The van der Waals surface area contributed by atoms with Crippen molar-refractivity contribution in [2.45, 2.75) is 20.3 Å². The molecular formula is C18H18O. The molecule has 1 nitrogen and oxygen atoms in total. The van der Waals surface area contributed by atoms with Gasteiger partial charge in [-0.3, -0.25) is 0 Å². The molecule has 0 saturated heterocycles. The Morgan fingerprint density at radius 2 is 1.68 bits per heavy atom. The van der Waals surface area contributed by atoms with Crippen molar-refractivity contribution in [3.8, 4) is 5.75 Å². The van der Waals surface area contributed by atoms with Crippen LogP contribution in [-0.2, 0) is 0 Å². The van der Waals surface area contributed by atoms with Gasteiger partial charge in [-0.1, -0.05) is 42.0 Å². The van der Waals surface area contributed by atoms with Crippen LogP contribution in [0.3, 0.4) is 0 Å². The second-order valence-corrected chi connectivity index (χ2v) is 5.19. The molecular weight excluding hydrogens is 232 g/mol. The average molecular weight is 250 g/mol. The summed E-state index contributed by atoms with van der Waals surface area (Å²) >= 11 is 0. The zero-order valence-electron chi connectivity index (χ0n) is 11.7. The number of methoxy groups -OCH3 is 1. The Morgan fingerprint density at radius 3 is 2.32 bits per heavy atom. The lowest BCUT2D eigenvalue weighted by molar-refractivity contribution is 0.420. The molecule has 0 atom stereocenters. The Balaban J connectivity index is 2.25. The molecule has 1 heteroatoms. The Hall–Kier alpha value is -2.02. The van der Waals surface area contributed by atoms with Crippen LogP contribution in [0.25, 0.3) is 16.3 Å². The second kappa shape index (κ2) is 4.58. The van der Waals surface area contributed by atoms with Crippen LogP contribution in [0, 0.1) is 0 Å². The van der Waals surface area contributed by atoms with Crippen LogP contribution < -0.4 is 4.74 Å². The molecule has 1 aliphatic carbocycles. The van der Waals surface area contributed by atoms with Gasteiger partial charge in [0.2, 0.25) is 0 Å². The zero-order chi connectivity index (χ0) is 13.4. The summed E-state index contributed by atoms with van der Waals surface area (Å²) in [7, 11) is 1.73. The van der Waals surface area contributed by atoms with Gasteiger partial charge in [0.05, 0.1) is 7.11 Å². The van der Waals surface area contributed by atoms with Gasteiger partial charge in [0.25, 0.3) is 0 Å². The fraction of sp³-hybridized carbons (Fsp3) is 0.222. The predicted molar refractivity (Wildman–Crippen MR) is 81.5 cm³/mol. The number of ether oxygens (including phenoxy) is 1. The largest absolute Gasteiger partial charge is 0.496 e. The van der Waals surface area contributed by atoms with E-state index in [0.717, 1.165) is 12.2 Å². The molecule has 3 rings (SSSR count). The van der Waals surface area contributed by atoms with Crippen LogP contribution in [0.15, 0.2) is 53.6 Å². The molecule has 0 aliphatic heterocycles. The Kier molecular flexibility index (Phi) is 2.90. The van der Waals surface area contributed by atoms with Crippen LogP contribution in [-0.4, -0.2) is 7.11 Å². The van der Waals surface area contributed by atoms with Gasteiger partial charge in [0, 0.05) is 5.39 Å². The first kappa shape index (κ1) is 12.0. The lowest BCUT2D eigenvalue weighted by atomic mass is 9.94. The third kappa shape index (κ3) is 1.95. The van der Waals surface area contributed by atoms with Crippen LogP contribution >= 0.6 is 0 Å². The van der Waals surface area contributed by atoms with E-state index in [9.17, 15) is 0 Å². The summed E-state index contributed by atoms with van der Waals surface area (Å²) in [5.41, 5.74) is 5.60. The smallest absolute Gasteiger partial charge is 0.126 e. The van der Waals surface area contributed by atoms with E-state index in [1.54, 1.807) is 7.11 Å². The molecule has 2 aromatic carbocycles. The molecule has 0 bridgehead atoms. The van der Waals surface area contributed by atoms with Crippen LogP contribution in [0.5, 0.6) is 5.75 Å². The monoisotopic (exact) mass is 250 g/mol. The summed E-state index contributed by atoms with van der Waals surface area (Å²) in [6.07, 6.45) is 3.34. The Bertz CT molecular complexity index is 705. The highest BCUT2D eigenvalue weighted by Crippen LogP contribution is 2.38. The Morgan fingerprint density at radius 1 is 0.947 bits per heavy atom. The summed E-state index contributed by atoms with van der Waals surface area (Å²) < 4.78 is 5.46. The molecule has 0 heterocycles. The number of allylic oxidation sites excluding steroid dienone is 4. The quantitative estimate of drug-likeness (QED) is 0.731. The van der Waals surface area contributed by atoms with E-state index in [-0.39, 0.29) is 0 Å². The predicted octanol–water partition coefficient (Wildman–Crippen LogP) is 4.97. The fourth-order valence-electron chi connectivity index (χ4n) is 2.95. The number of hydrogen-bond acceptors (Lipinski definition) is 1. The van der Waals surface area contributed by atoms with Gasteiger partial charge in [-0.15, -0.1) is 0 Å². The van der Waals surface area contributed by atoms with Crippen molar-refractivity contribution in [3.63, 3.8) is 0 Å². The maximum absolute atomic E-state index is 5.46. The van der Waals surface area contributed by atoms with E-state index >= 15 is 0 Å². The van der Waals surface area contributed by atoms with Crippen molar-refractivity contribution in [2.75, 3.05) is 7.11 Å². The average Bonchev–Trinajstić information content (AvgIpc) is 2.76. The minimum atomic E-state index is 0.945. The van der Waals surface area contributed by atoms with Crippen molar-refractivity contribution in [1.29, 1.82) is 0 Å². The van der Waals surface area contributed by atoms with Crippen molar-refractivity contribution in [2.24, 2.45) is 0 Å². The number of fused-ring (bicyclic) bond motifs is 1. The van der Waals surface area contributed by atoms with E-state index in [1.165, 1.54) is 33.1 Å². The molecule has 1 aliphatic rings. The summed E-state index contributed by atoms with van der Waals surface area (Å²) in [4.78, 5) is 0. The van der Waals surface area contributed by atoms with E-state index < -0.39 is 0 Å². The van der Waals surface area contributed by atoms with Crippen molar-refractivity contribution in [1.82, 2.24) is 0 Å². The van der Waals surface area contributed by atoms with Crippen LogP contribution in [0.2, 0.25) is 0 Å². The topological polar surface area (TPSA) is 9.23 Å². The van der Waals surface area contributed by atoms with Gasteiger partial charge in [0.15, 0.2) is 0 Å². The number of hydrogen-bond donors (Lipinski definition) is 0. The molecule has 0 aromatic heterocycles. The standard InChI is InChI=1S/C18H18O/c1-12-10-13(2)17(11-12)15-8-9-18(19-3)16-7-5-4-6-14(15)16/h4-10H,11H2,1-3H3. The van der Waals surface area contributed by atoms with Gasteiger partial charge >= 0.3 is 0 Å². The summed E-state index contributed by atoms with van der Waals surface area (Å²) in [5.74, 6) is 0.945. The Labute approximate surface area is 114 Å². The lowest BCUT2D eigenvalue weighted by Gasteiger charge is -2.12. The van der Waals surface area contributed by atoms with E-state index in [1.807, 2.05) is 0 Å². The van der Waals surface area contributed by atoms with E-state index in [4.69, 9.17) is 4.74 Å². The third-order valence-electron chi connectivity index (χ3n) is 3.82. The first-order chi connectivity index (χ1) is 9.20. The maximum Gasteiger partial charge on any atom is 0.126 e. The van der Waals surface area contributed by atoms with Crippen molar-refractivity contribution < 1.29 is 4.74 Å². The van der Waals surface area contributed by atoms with E-state index in [2.05, 4.69) is 56.3 Å². The summed E-state index contributed by atoms with van der Waals surface area (Å²) in [5, 5.41) is 2.46. The molecule has 0 N–H and O–H groups in total. The highest BCUT2D eigenvalue weighted by molar-refractivity contribution is 5.99. The number of rotatable bonds is 2. The molecule has 0 fully saturated rings. The molecule has 0 amide bonds. The highest BCUT2D eigenvalue weighted by atomic mass is 16.5. The number of benzene rings is 2. The molecule has 0 radical (unpaired) electrons. The van der Waals surface area contributed by atoms with Gasteiger partial charge in [-0.05, 0) is 48.4 Å². The second-order valence-electron chi connectivity index (χ2n) is 5.19. The zero-order valence-corrected chi connectivity index (χ0v) is 11.7. The molecule has 2 aromatic rings. The third-order valence-corrected chi connectivity index (χ3v) is 3.82. The molecule has 0 spiro atoms. The molecule has 0 unspecified atom stereocenters. The van der Waals surface area contributed by atoms with Gasteiger partial charge < -0.3 is 4.74 Å². The first-order valence-corrected chi connectivity index (χ1v) is 6.63. The fourth-order valence-corrected chi connectivity index (χ4v) is 2.95. The van der Waals surface area contributed by atoms with Crippen molar-refractivity contribution >= 4 is 16.3 Å². The van der Waals surface area contributed by atoms with Gasteiger partial charge in [-0.2, -0.15) is 0 Å². The maximum atomic E-state index is 5.46. The minimum Gasteiger partial charge on any atom is -0.496 e. The van der Waals surface area contributed by atoms with Gasteiger partial charge in [0.1, 0.15) is 5.75 Å². The normalized spacial score (nSPS) is 15.0.